The van der Waals surface area contributed by atoms with Gasteiger partial charge in [0.1, 0.15) is 6.04 Å². The fourth-order valence-electron chi connectivity index (χ4n) is 4.94. The van der Waals surface area contributed by atoms with Crippen molar-refractivity contribution in [2.75, 3.05) is 25.2 Å². The van der Waals surface area contributed by atoms with Crippen LogP contribution in [0.3, 0.4) is 0 Å². The summed E-state index contributed by atoms with van der Waals surface area (Å²) in [5.74, 6) is -1.74. The molecule has 3 aromatic carbocycles. The third kappa shape index (κ3) is 6.21. The van der Waals surface area contributed by atoms with Crippen molar-refractivity contribution in [1.82, 2.24) is 4.90 Å². The lowest BCUT2D eigenvalue weighted by Crippen LogP contribution is -2.43. The van der Waals surface area contributed by atoms with Gasteiger partial charge in [0, 0.05) is 6.54 Å². The fourth-order valence-corrected chi connectivity index (χ4v) is 6.61. The standard InChI is InChI=1S/C29H31NO5S/c1-35-29(32)26-19-23(21-36(33,34)18-17-22-11-5-2-6-12-22)20-30(26)28(31)27(24-13-7-3-8-14-24)25-15-9-4-10-16-25/h2-16,23,26-27H,17-21H2,1H3. The van der Waals surface area contributed by atoms with Crippen LogP contribution in [-0.2, 0) is 30.6 Å². The Kier molecular flexibility index (Phi) is 8.21. The smallest absolute Gasteiger partial charge is 0.328 e. The van der Waals surface area contributed by atoms with E-state index in [1.165, 1.54) is 12.0 Å². The van der Waals surface area contributed by atoms with Gasteiger partial charge in [0.15, 0.2) is 9.84 Å². The molecule has 1 fully saturated rings. The van der Waals surface area contributed by atoms with Crippen molar-refractivity contribution in [3.8, 4) is 0 Å². The Hall–Kier alpha value is -3.45. The van der Waals surface area contributed by atoms with E-state index in [1.54, 1.807) is 0 Å². The van der Waals surface area contributed by atoms with Crippen molar-refractivity contribution in [3.63, 3.8) is 0 Å². The molecule has 0 bridgehead atoms. The number of nitrogens with zero attached hydrogens (tertiary/aromatic N) is 1. The molecule has 0 aromatic heterocycles. The number of esters is 1. The van der Waals surface area contributed by atoms with E-state index in [4.69, 9.17) is 4.74 Å². The maximum atomic E-state index is 14.0. The molecule has 4 rings (SSSR count). The quantitative estimate of drug-likeness (QED) is 0.413. The van der Waals surface area contributed by atoms with Crippen LogP contribution < -0.4 is 0 Å². The van der Waals surface area contributed by atoms with Crippen LogP contribution in [0.15, 0.2) is 91.0 Å². The minimum absolute atomic E-state index is 0.0288. The molecule has 0 aliphatic carbocycles. The van der Waals surface area contributed by atoms with Gasteiger partial charge in [-0.1, -0.05) is 91.0 Å². The molecule has 3 aromatic rings. The van der Waals surface area contributed by atoms with E-state index in [9.17, 15) is 18.0 Å². The van der Waals surface area contributed by atoms with Crippen molar-refractivity contribution < 1.29 is 22.7 Å². The van der Waals surface area contributed by atoms with E-state index in [2.05, 4.69) is 0 Å². The third-order valence-corrected chi connectivity index (χ3v) is 8.50. The van der Waals surface area contributed by atoms with Crippen LogP contribution in [0.2, 0.25) is 0 Å². The fraction of sp³-hybridized carbons (Fsp3) is 0.310. The maximum Gasteiger partial charge on any atom is 0.328 e. The van der Waals surface area contributed by atoms with Crippen LogP contribution in [0.5, 0.6) is 0 Å². The Morgan fingerprint density at radius 3 is 1.94 bits per heavy atom. The number of carbonyl (C=O) groups is 2. The summed E-state index contributed by atoms with van der Waals surface area (Å²) in [6.45, 7) is 0.194. The highest BCUT2D eigenvalue weighted by molar-refractivity contribution is 7.91. The van der Waals surface area contributed by atoms with Gasteiger partial charge in [0.05, 0.1) is 24.5 Å². The van der Waals surface area contributed by atoms with Gasteiger partial charge in [-0.3, -0.25) is 4.79 Å². The normalized spacial score (nSPS) is 17.8. The van der Waals surface area contributed by atoms with E-state index in [-0.39, 0.29) is 36.3 Å². The zero-order valence-corrected chi connectivity index (χ0v) is 21.1. The highest BCUT2D eigenvalue weighted by Gasteiger charge is 2.44. The highest BCUT2D eigenvalue weighted by atomic mass is 32.2. The Morgan fingerprint density at radius 2 is 1.42 bits per heavy atom. The van der Waals surface area contributed by atoms with Gasteiger partial charge in [0.25, 0.3) is 0 Å². The van der Waals surface area contributed by atoms with Crippen molar-refractivity contribution in [1.29, 1.82) is 0 Å². The molecule has 36 heavy (non-hydrogen) atoms. The summed E-state index contributed by atoms with van der Waals surface area (Å²) in [7, 11) is -2.09. The second-order valence-corrected chi connectivity index (χ2v) is 11.5. The second-order valence-electron chi connectivity index (χ2n) is 9.24. The van der Waals surface area contributed by atoms with Crippen LogP contribution in [-0.4, -0.2) is 56.4 Å². The number of hydrogen-bond acceptors (Lipinski definition) is 5. The van der Waals surface area contributed by atoms with Gasteiger partial charge in [-0.15, -0.1) is 0 Å². The van der Waals surface area contributed by atoms with Gasteiger partial charge in [0.2, 0.25) is 5.91 Å². The molecule has 1 saturated heterocycles. The lowest BCUT2D eigenvalue weighted by atomic mass is 9.90. The van der Waals surface area contributed by atoms with Crippen LogP contribution in [0.1, 0.15) is 29.0 Å². The van der Waals surface area contributed by atoms with Gasteiger partial charge in [-0.2, -0.15) is 0 Å². The first-order valence-corrected chi connectivity index (χ1v) is 13.9. The molecule has 1 aliphatic heterocycles. The van der Waals surface area contributed by atoms with E-state index < -0.39 is 27.8 Å². The molecular weight excluding hydrogens is 474 g/mol. The molecule has 0 spiro atoms. The Balaban J connectivity index is 1.55. The predicted octanol–water partition coefficient (Wildman–Crippen LogP) is 3.87. The summed E-state index contributed by atoms with van der Waals surface area (Å²) in [5.41, 5.74) is 2.60. The topological polar surface area (TPSA) is 80.8 Å². The number of hydrogen-bond donors (Lipinski definition) is 0. The number of likely N-dealkylation sites (tertiary alicyclic amines) is 1. The van der Waals surface area contributed by atoms with Crippen LogP contribution in [0, 0.1) is 5.92 Å². The second kappa shape index (κ2) is 11.5. The zero-order chi connectivity index (χ0) is 25.5. The van der Waals surface area contributed by atoms with Crippen molar-refractivity contribution in [2.45, 2.75) is 24.8 Å². The number of aryl methyl sites for hydroxylation is 1. The number of methoxy groups -OCH3 is 1. The maximum absolute atomic E-state index is 14.0. The van der Waals surface area contributed by atoms with Crippen molar-refractivity contribution in [2.24, 2.45) is 5.92 Å². The molecule has 2 atom stereocenters. The minimum Gasteiger partial charge on any atom is -0.467 e. The molecule has 1 aliphatic rings. The lowest BCUT2D eigenvalue weighted by Gasteiger charge is -2.28. The first-order valence-electron chi connectivity index (χ1n) is 12.1. The first kappa shape index (κ1) is 25.6. The number of benzene rings is 3. The summed E-state index contributed by atoms with van der Waals surface area (Å²) >= 11 is 0. The number of amides is 1. The minimum atomic E-state index is -3.38. The largest absolute Gasteiger partial charge is 0.467 e. The Bertz CT molecular complexity index is 1220. The lowest BCUT2D eigenvalue weighted by molar-refractivity contribution is -0.151. The van der Waals surface area contributed by atoms with E-state index in [0.29, 0.717) is 6.42 Å². The highest BCUT2D eigenvalue weighted by Crippen LogP contribution is 2.33. The third-order valence-electron chi connectivity index (χ3n) is 6.69. The summed E-state index contributed by atoms with van der Waals surface area (Å²) in [6.07, 6.45) is 0.697. The number of carbonyl (C=O) groups excluding carboxylic acids is 2. The zero-order valence-electron chi connectivity index (χ0n) is 20.3. The SMILES string of the molecule is COC(=O)C1CC(CS(=O)(=O)CCc2ccccc2)CN1C(=O)C(c1ccccc1)c1ccccc1. The summed E-state index contributed by atoms with van der Waals surface area (Å²) in [4.78, 5) is 28.2. The van der Waals surface area contributed by atoms with Crippen molar-refractivity contribution >= 4 is 21.7 Å². The average molecular weight is 506 g/mol. The molecule has 0 saturated carbocycles. The van der Waals surface area contributed by atoms with Crippen molar-refractivity contribution in [3.05, 3.63) is 108 Å². The predicted molar refractivity (Wildman–Crippen MR) is 139 cm³/mol. The van der Waals surface area contributed by atoms with Gasteiger partial charge in [-0.25, -0.2) is 13.2 Å². The monoisotopic (exact) mass is 505 g/mol. The van der Waals surface area contributed by atoms with Gasteiger partial charge in [-0.05, 0) is 35.4 Å². The Labute approximate surface area is 212 Å². The molecule has 7 heteroatoms. The number of rotatable bonds is 9. The molecule has 2 unspecified atom stereocenters. The summed E-state index contributed by atoms with van der Waals surface area (Å²) in [6, 6.07) is 27.5. The molecule has 6 nitrogen and oxygen atoms in total. The van der Waals surface area contributed by atoms with Gasteiger partial charge < -0.3 is 9.64 Å². The Morgan fingerprint density at radius 1 is 0.889 bits per heavy atom. The number of sulfone groups is 1. The molecule has 1 heterocycles. The average Bonchev–Trinajstić information content (AvgIpc) is 3.32. The van der Waals surface area contributed by atoms with Gasteiger partial charge >= 0.3 is 5.97 Å². The van der Waals surface area contributed by atoms with E-state index in [1.807, 2.05) is 91.0 Å². The summed E-state index contributed by atoms with van der Waals surface area (Å²) < 4.78 is 30.9. The number of ether oxygens (including phenoxy) is 1. The van der Waals surface area contributed by atoms with Crippen LogP contribution >= 0.6 is 0 Å². The first-order chi connectivity index (χ1) is 17.4. The molecule has 1 amide bonds. The molecule has 188 valence electrons. The molecular formula is C29H31NO5S. The molecule has 0 radical (unpaired) electrons. The van der Waals surface area contributed by atoms with Crippen LogP contribution in [0.4, 0.5) is 0 Å². The van der Waals surface area contributed by atoms with E-state index >= 15 is 0 Å². The van der Waals surface area contributed by atoms with Crippen LogP contribution in [0.25, 0.3) is 0 Å². The van der Waals surface area contributed by atoms with E-state index in [0.717, 1.165) is 16.7 Å². The molecule has 0 N–H and O–H groups in total. The summed E-state index contributed by atoms with van der Waals surface area (Å²) in [5, 5.41) is 0.